The van der Waals surface area contributed by atoms with E-state index < -0.39 is 0 Å². The second kappa shape index (κ2) is 13.6. The average molecular weight is 588 g/mol. The van der Waals surface area contributed by atoms with Gasteiger partial charge >= 0.3 is 0 Å². The number of hydrogen-bond acceptors (Lipinski definition) is 5. The molecule has 2 aromatic heterocycles. The number of carbonyl (C=O) groups excluding carboxylic acids is 1. The van der Waals surface area contributed by atoms with Gasteiger partial charge in [0.15, 0.2) is 0 Å². The maximum Gasteiger partial charge on any atom is 0.270 e. The Labute approximate surface area is 255 Å². The van der Waals surface area contributed by atoms with Crippen molar-refractivity contribution in [3.05, 3.63) is 82.9 Å². The van der Waals surface area contributed by atoms with Crippen LogP contribution in [0.25, 0.3) is 16.3 Å². The van der Waals surface area contributed by atoms with Gasteiger partial charge in [0.25, 0.3) is 5.91 Å². The monoisotopic (exact) mass is 587 g/mol. The van der Waals surface area contributed by atoms with E-state index in [1.807, 2.05) is 47.8 Å². The molecule has 1 N–H and O–H groups in total. The third-order valence-corrected chi connectivity index (χ3v) is 9.30. The van der Waals surface area contributed by atoms with Crippen LogP contribution >= 0.6 is 11.3 Å². The lowest BCUT2D eigenvalue weighted by atomic mass is 9.76. The molecule has 0 fully saturated rings. The van der Waals surface area contributed by atoms with Gasteiger partial charge < -0.3 is 14.8 Å². The molecule has 0 aliphatic heterocycles. The normalized spacial score (nSPS) is 11.9. The summed E-state index contributed by atoms with van der Waals surface area (Å²) < 4.78 is 13.3. The van der Waals surface area contributed by atoms with Crippen molar-refractivity contribution in [1.29, 1.82) is 0 Å². The van der Waals surface area contributed by atoms with Gasteiger partial charge in [0.2, 0.25) is 0 Å². The second-order valence-corrected chi connectivity index (χ2v) is 12.9. The number of ether oxygens (including phenoxy) is 2. The Morgan fingerprint density at radius 2 is 1.69 bits per heavy atom. The van der Waals surface area contributed by atoms with Crippen LogP contribution in [0.3, 0.4) is 0 Å². The summed E-state index contributed by atoms with van der Waals surface area (Å²) in [6.45, 7) is 14.8. The summed E-state index contributed by atoms with van der Waals surface area (Å²) in [5.74, 6) is 1.57. The molecule has 0 saturated heterocycles. The van der Waals surface area contributed by atoms with Crippen molar-refractivity contribution < 1.29 is 14.3 Å². The lowest BCUT2D eigenvalue weighted by Crippen LogP contribution is -2.27. The highest BCUT2D eigenvalue weighted by Gasteiger charge is 2.26. The van der Waals surface area contributed by atoms with Crippen LogP contribution in [0.5, 0.6) is 11.5 Å². The third-order valence-electron chi connectivity index (χ3n) is 8.40. The van der Waals surface area contributed by atoms with E-state index in [4.69, 9.17) is 14.6 Å². The van der Waals surface area contributed by atoms with E-state index in [1.54, 1.807) is 23.1 Å². The van der Waals surface area contributed by atoms with E-state index in [1.165, 1.54) is 11.1 Å². The Morgan fingerprint density at radius 3 is 2.33 bits per heavy atom. The number of aromatic nitrogens is 2. The van der Waals surface area contributed by atoms with Gasteiger partial charge in [0, 0.05) is 12.1 Å². The first kappa shape index (κ1) is 31.4. The van der Waals surface area contributed by atoms with Gasteiger partial charge in [-0.3, -0.25) is 4.79 Å². The van der Waals surface area contributed by atoms with Crippen LogP contribution in [0.2, 0.25) is 0 Å². The minimum Gasteiger partial charge on any atom is -0.497 e. The second-order valence-electron chi connectivity index (χ2n) is 12.0. The SMILES string of the molecule is CCC(C)(C)c1ccc(OCCCCNC(=O)c2cc(-c3cccs3)nn2-c2ccc(OC)cc2)c(C(C)(C)CC)c1. The number of carbonyl (C=O) groups is 1. The van der Waals surface area contributed by atoms with Gasteiger partial charge in [-0.25, -0.2) is 4.68 Å². The molecule has 2 heterocycles. The summed E-state index contributed by atoms with van der Waals surface area (Å²) in [5, 5.41) is 9.86. The molecule has 0 bridgehead atoms. The number of rotatable bonds is 14. The third kappa shape index (κ3) is 7.24. The molecule has 0 atom stereocenters. The van der Waals surface area contributed by atoms with Gasteiger partial charge in [0.1, 0.15) is 22.9 Å². The summed E-state index contributed by atoms with van der Waals surface area (Å²) in [6, 6.07) is 20.1. The van der Waals surface area contributed by atoms with E-state index in [-0.39, 0.29) is 16.7 Å². The molecule has 0 saturated carbocycles. The van der Waals surface area contributed by atoms with Gasteiger partial charge in [-0.2, -0.15) is 5.10 Å². The number of nitrogens with zero attached hydrogens (tertiary/aromatic N) is 2. The maximum absolute atomic E-state index is 13.3. The fourth-order valence-corrected chi connectivity index (χ4v) is 5.39. The highest BCUT2D eigenvalue weighted by molar-refractivity contribution is 7.13. The molecule has 4 aromatic rings. The zero-order valence-corrected chi connectivity index (χ0v) is 26.9. The van der Waals surface area contributed by atoms with Crippen molar-refractivity contribution in [2.75, 3.05) is 20.3 Å². The number of benzene rings is 2. The van der Waals surface area contributed by atoms with Crippen molar-refractivity contribution in [3.8, 4) is 27.8 Å². The van der Waals surface area contributed by atoms with Crippen molar-refractivity contribution in [1.82, 2.24) is 15.1 Å². The van der Waals surface area contributed by atoms with Crippen LogP contribution in [0.1, 0.15) is 88.8 Å². The smallest absolute Gasteiger partial charge is 0.270 e. The quantitative estimate of drug-likeness (QED) is 0.150. The Morgan fingerprint density at radius 1 is 0.952 bits per heavy atom. The molecular formula is C35H45N3O3S. The molecular weight excluding hydrogens is 542 g/mol. The predicted octanol–water partition coefficient (Wildman–Crippen LogP) is 8.57. The minimum atomic E-state index is -0.150. The van der Waals surface area contributed by atoms with Gasteiger partial charge in [-0.1, -0.05) is 59.7 Å². The van der Waals surface area contributed by atoms with Gasteiger partial charge in [-0.15, -0.1) is 11.3 Å². The van der Waals surface area contributed by atoms with Crippen LogP contribution in [-0.4, -0.2) is 35.9 Å². The maximum atomic E-state index is 13.3. The largest absolute Gasteiger partial charge is 0.497 e. The number of unbranched alkanes of at least 4 members (excludes halogenated alkanes) is 1. The minimum absolute atomic E-state index is 0.0257. The molecule has 0 aliphatic carbocycles. The van der Waals surface area contributed by atoms with Gasteiger partial charge in [-0.05, 0) is 89.9 Å². The van der Waals surface area contributed by atoms with Crippen molar-refractivity contribution in [2.24, 2.45) is 0 Å². The number of thiophene rings is 1. The fourth-order valence-electron chi connectivity index (χ4n) is 4.71. The van der Waals surface area contributed by atoms with E-state index in [0.29, 0.717) is 18.8 Å². The highest BCUT2D eigenvalue weighted by atomic mass is 32.1. The van der Waals surface area contributed by atoms with Crippen molar-refractivity contribution in [2.45, 2.75) is 78.1 Å². The Bertz CT molecular complexity index is 1450. The number of hydrogen-bond donors (Lipinski definition) is 1. The summed E-state index contributed by atoms with van der Waals surface area (Å²) in [4.78, 5) is 14.3. The van der Waals surface area contributed by atoms with E-state index >= 15 is 0 Å². The Kier molecular flexibility index (Phi) is 10.2. The summed E-state index contributed by atoms with van der Waals surface area (Å²) >= 11 is 1.60. The Balaban J connectivity index is 1.38. The molecule has 0 unspecified atom stereocenters. The zero-order valence-electron chi connectivity index (χ0n) is 26.1. The molecule has 42 heavy (non-hydrogen) atoms. The first-order chi connectivity index (χ1) is 20.1. The number of methoxy groups -OCH3 is 1. The Hall–Kier alpha value is -3.58. The zero-order chi connectivity index (χ0) is 30.3. The van der Waals surface area contributed by atoms with Crippen molar-refractivity contribution >= 4 is 17.2 Å². The molecule has 4 rings (SSSR count). The molecule has 0 spiro atoms. The van der Waals surface area contributed by atoms with E-state index in [9.17, 15) is 4.79 Å². The summed E-state index contributed by atoms with van der Waals surface area (Å²) in [5.41, 5.74) is 4.86. The van der Waals surface area contributed by atoms with Crippen LogP contribution < -0.4 is 14.8 Å². The number of amides is 1. The molecule has 6 nitrogen and oxygen atoms in total. The van der Waals surface area contributed by atoms with E-state index in [0.717, 1.165) is 53.4 Å². The topological polar surface area (TPSA) is 65.4 Å². The molecule has 0 aliphatic rings. The summed E-state index contributed by atoms with van der Waals surface area (Å²) in [7, 11) is 1.64. The molecule has 1 amide bonds. The molecule has 224 valence electrons. The first-order valence-corrected chi connectivity index (χ1v) is 15.8. The highest BCUT2D eigenvalue weighted by Crippen LogP contribution is 2.38. The van der Waals surface area contributed by atoms with Gasteiger partial charge in [0.05, 0.1) is 24.3 Å². The van der Waals surface area contributed by atoms with Crippen LogP contribution in [0, 0.1) is 0 Å². The predicted molar refractivity (Wildman–Crippen MR) is 174 cm³/mol. The fraction of sp³-hybridized carbons (Fsp3) is 0.429. The summed E-state index contributed by atoms with van der Waals surface area (Å²) in [6.07, 6.45) is 3.77. The van der Waals surface area contributed by atoms with Crippen molar-refractivity contribution in [3.63, 3.8) is 0 Å². The molecule has 2 aromatic carbocycles. The lowest BCUT2D eigenvalue weighted by molar-refractivity contribution is 0.0944. The average Bonchev–Trinajstić information content (AvgIpc) is 3.70. The van der Waals surface area contributed by atoms with Crippen LogP contribution in [0.4, 0.5) is 0 Å². The standard InChI is InChI=1S/C35H45N3O3S/c1-8-34(3,4)25-14-19-31(28(23-25)35(5,6)9-2)41-21-11-10-20-36-33(39)30-24-29(32-13-12-22-42-32)37-38(30)26-15-17-27(40-7)18-16-26/h12-19,22-24H,8-11,20-21H2,1-7H3,(H,36,39). The van der Waals surface area contributed by atoms with E-state index in [2.05, 4.69) is 65.1 Å². The first-order valence-electron chi connectivity index (χ1n) is 14.9. The molecule has 7 heteroatoms. The lowest BCUT2D eigenvalue weighted by Gasteiger charge is -2.30. The van der Waals surface area contributed by atoms with Crippen LogP contribution in [0.15, 0.2) is 66.0 Å². The van der Waals surface area contributed by atoms with Crippen LogP contribution in [-0.2, 0) is 10.8 Å². The molecule has 0 radical (unpaired) electrons. The number of nitrogens with one attached hydrogen (secondary N) is 1.